The topological polar surface area (TPSA) is 84.2 Å². The van der Waals surface area contributed by atoms with E-state index in [2.05, 4.69) is 10.6 Å². The number of nitrogens with two attached hydrogens (primary N) is 1. The number of nitrogens with one attached hydrogen (secondary N) is 2. The Hall–Kier alpha value is -2.22. The summed E-state index contributed by atoms with van der Waals surface area (Å²) in [6.45, 7) is 0. The molecule has 1 fully saturated rings. The Morgan fingerprint density at radius 3 is 2.26 bits per heavy atom. The minimum atomic E-state index is -1.34. The van der Waals surface area contributed by atoms with Crippen molar-refractivity contribution >= 4 is 86.9 Å². The van der Waals surface area contributed by atoms with Crippen molar-refractivity contribution in [3.05, 3.63) is 86.6 Å². The maximum atomic E-state index is 13.3. The van der Waals surface area contributed by atoms with Gasteiger partial charge in [-0.15, -0.1) is 23.2 Å². The molecule has 4 rings (SSSR count). The van der Waals surface area contributed by atoms with Crippen LogP contribution in [0.15, 0.2) is 54.6 Å². The number of carbonyl (C=O) groups excluding carboxylic acids is 2. The molecule has 3 aromatic rings. The molecule has 4 N–H and O–H groups in total. The Morgan fingerprint density at radius 2 is 1.59 bits per heavy atom. The van der Waals surface area contributed by atoms with E-state index in [4.69, 9.17) is 63.7 Å². The zero-order valence-electron chi connectivity index (χ0n) is 17.0. The van der Waals surface area contributed by atoms with Crippen molar-refractivity contribution in [1.29, 1.82) is 0 Å². The molecule has 1 aliphatic rings. The van der Waals surface area contributed by atoms with Crippen LogP contribution in [0.25, 0.3) is 0 Å². The molecule has 2 amide bonds. The molecule has 0 spiro atoms. The highest BCUT2D eigenvalue weighted by molar-refractivity contribution is 6.53. The lowest BCUT2D eigenvalue weighted by atomic mass is 10.1. The number of benzene rings is 3. The van der Waals surface area contributed by atoms with Crippen molar-refractivity contribution in [2.45, 2.75) is 10.3 Å². The fourth-order valence-electron chi connectivity index (χ4n) is 3.61. The quantitative estimate of drug-likeness (QED) is 0.229. The zero-order chi connectivity index (χ0) is 24.8. The van der Waals surface area contributed by atoms with E-state index in [1.54, 1.807) is 18.2 Å². The van der Waals surface area contributed by atoms with Crippen LogP contribution in [-0.2, 0) is 4.79 Å². The van der Waals surface area contributed by atoms with Crippen LogP contribution >= 0.6 is 58.0 Å². The van der Waals surface area contributed by atoms with E-state index in [1.165, 1.54) is 24.3 Å². The lowest BCUT2D eigenvalue weighted by molar-refractivity contribution is -0.117. The summed E-state index contributed by atoms with van der Waals surface area (Å²) in [5.74, 6) is -2.84. The van der Waals surface area contributed by atoms with Crippen LogP contribution in [0.4, 0.5) is 21.5 Å². The molecular weight excluding hydrogens is 547 g/mol. The lowest BCUT2D eigenvalue weighted by Crippen LogP contribution is -2.18. The van der Waals surface area contributed by atoms with Crippen LogP contribution in [0.3, 0.4) is 0 Å². The van der Waals surface area contributed by atoms with Gasteiger partial charge >= 0.3 is 0 Å². The summed E-state index contributed by atoms with van der Waals surface area (Å²) in [7, 11) is 0. The van der Waals surface area contributed by atoms with Gasteiger partial charge in [0.05, 0.1) is 37.9 Å². The number of carbonyl (C=O) groups is 2. The summed E-state index contributed by atoms with van der Waals surface area (Å²) in [5, 5.41) is 6.11. The monoisotopic (exact) mass is 559 g/mol. The van der Waals surface area contributed by atoms with Crippen molar-refractivity contribution in [3.8, 4) is 0 Å². The van der Waals surface area contributed by atoms with Crippen LogP contribution in [0.2, 0.25) is 15.1 Å². The van der Waals surface area contributed by atoms with Crippen LogP contribution in [0, 0.1) is 11.7 Å². The van der Waals surface area contributed by atoms with E-state index in [9.17, 15) is 14.0 Å². The van der Waals surface area contributed by atoms with Crippen molar-refractivity contribution in [1.82, 2.24) is 0 Å². The van der Waals surface area contributed by atoms with Gasteiger partial charge in [-0.2, -0.15) is 0 Å². The van der Waals surface area contributed by atoms with Gasteiger partial charge in [0.15, 0.2) is 0 Å². The molecule has 34 heavy (non-hydrogen) atoms. The molecule has 0 saturated heterocycles. The number of nitrogen functional groups attached to an aromatic ring is 1. The van der Waals surface area contributed by atoms with E-state index in [-0.39, 0.29) is 22.0 Å². The molecule has 176 valence electrons. The van der Waals surface area contributed by atoms with E-state index in [0.717, 1.165) is 12.1 Å². The minimum absolute atomic E-state index is 0.0524. The minimum Gasteiger partial charge on any atom is -0.397 e. The molecule has 0 aliphatic heterocycles. The third-order valence-electron chi connectivity index (χ3n) is 5.38. The molecule has 0 heterocycles. The van der Waals surface area contributed by atoms with Crippen molar-refractivity contribution in [2.75, 3.05) is 16.4 Å². The lowest BCUT2D eigenvalue weighted by Gasteiger charge is -2.11. The molecule has 0 radical (unpaired) electrons. The van der Waals surface area contributed by atoms with Crippen LogP contribution in [0.5, 0.6) is 0 Å². The van der Waals surface area contributed by atoms with Gasteiger partial charge in [0.1, 0.15) is 10.2 Å². The molecule has 2 atom stereocenters. The van der Waals surface area contributed by atoms with Crippen molar-refractivity contribution in [2.24, 2.45) is 5.92 Å². The highest BCUT2D eigenvalue weighted by atomic mass is 35.5. The maximum absolute atomic E-state index is 13.3. The number of anilines is 3. The largest absolute Gasteiger partial charge is 0.397 e. The van der Waals surface area contributed by atoms with Gasteiger partial charge in [0.2, 0.25) is 5.91 Å². The molecule has 0 aromatic heterocycles. The summed E-state index contributed by atoms with van der Waals surface area (Å²) in [4.78, 5) is 25.7. The first-order valence-corrected chi connectivity index (χ1v) is 11.7. The maximum Gasteiger partial charge on any atom is 0.257 e. The normalized spacial score (nSPS) is 18.3. The van der Waals surface area contributed by atoms with Gasteiger partial charge in [0.25, 0.3) is 5.91 Å². The number of amides is 2. The molecule has 1 aliphatic carbocycles. The number of rotatable bonds is 5. The molecule has 1 saturated carbocycles. The average molecular weight is 562 g/mol. The third-order valence-corrected chi connectivity index (χ3v) is 7.39. The molecule has 5 nitrogen and oxygen atoms in total. The van der Waals surface area contributed by atoms with Gasteiger partial charge in [-0.25, -0.2) is 4.39 Å². The SMILES string of the molecule is Nc1cc(F)ccc1NC(=O)c1cc(NC(=O)C2[C@H](c3ccc(Cl)c(Cl)c3)C2(Cl)Cl)ccc1Cl. The summed E-state index contributed by atoms with van der Waals surface area (Å²) in [6.07, 6.45) is 0. The summed E-state index contributed by atoms with van der Waals surface area (Å²) in [5.41, 5.74) is 7.06. The summed E-state index contributed by atoms with van der Waals surface area (Å²) < 4.78 is 11.9. The van der Waals surface area contributed by atoms with E-state index in [0.29, 0.717) is 21.3 Å². The van der Waals surface area contributed by atoms with Gasteiger partial charge in [-0.05, 0) is 54.1 Å². The second kappa shape index (κ2) is 9.44. The van der Waals surface area contributed by atoms with Crippen LogP contribution < -0.4 is 16.4 Å². The average Bonchev–Trinajstić information content (AvgIpc) is 3.35. The Morgan fingerprint density at radius 1 is 0.882 bits per heavy atom. The van der Waals surface area contributed by atoms with E-state index in [1.807, 2.05) is 0 Å². The van der Waals surface area contributed by atoms with Crippen LogP contribution in [0.1, 0.15) is 21.8 Å². The summed E-state index contributed by atoms with van der Waals surface area (Å²) in [6, 6.07) is 12.9. The number of alkyl halides is 2. The first-order chi connectivity index (χ1) is 16.0. The molecular formula is C23H15Cl5FN3O2. The third kappa shape index (κ3) is 4.92. The van der Waals surface area contributed by atoms with Crippen molar-refractivity contribution in [3.63, 3.8) is 0 Å². The highest BCUT2D eigenvalue weighted by Crippen LogP contribution is 2.65. The van der Waals surface area contributed by atoms with Crippen molar-refractivity contribution < 1.29 is 14.0 Å². The Kier molecular flexibility index (Phi) is 6.91. The smallest absolute Gasteiger partial charge is 0.257 e. The summed E-state index contributed by atoms with van der Waals surface area (Å²) >= 11 is 31.0. The number of hydrogen-bond acceptors (Lipinski definition) is 3. The predicted octanol–water partition coefficient (Wildman–Crippen LogP) is 7.15. The molecule has 11 heteroatoms. The first-order valence-electron chi connectivity index (χ1n) is 9.78. The van der Waals surface area contributed by atoms with Gasteiger partial charge in [0, 0.05) is 11.6 Å². The standard InChI is InChI=1S/C23H15Cl5FN3O2/c24-14-5-3-12(9-13(14)21(33)32-18-6-2-11(29)8-17(18)30)31-22(34)20-19(23(20,27)28)10-1-4-15(25)16(26)7-10/h1-9,19-20H,30H2,(H,31,34)(H,32,33)/t19-,20?/m0/s1. The van der Waals surface area contributed by atoms with Crippen LogP contribution in [-0.4, -0.2) is 16.1 Å². The molecule has 1 unspecified atom stereocenters. The Bertz CT molecular complexity index is 1320. The number of hydrogen-bond donors (Lipinski definition) is 3. The van der Waals surface area contributed by atoms with Gasteiger partial charge in [-0.1, -0.05) is 40.9 Å². The molecule has 3 aromatic carbocycles. The number of halogens is 6. The fraction of sp³-hybridized carbons (Fsp3) is 0.130. The highest BCUT2D eigenvalue weighted by Gasteiger charge is 2.67. The van der Waals surface area contributed by atoms with Gasteiger partial charge < -0.3 is 16.4 Å². The zero-order valence-corrected chi connectivity index (χ0v) is 20.8. The Balaban J connectivity index is 1.51. The second-order valence-corrected chi connectivity index (χ2v) is 10.3. The second-order valence-electron chi connectivity index (χ2n) is 7.67. The van der Waals surface area contributed by atoms with E-state index < -0.39 is 33.8 Å². The fourth-order valence-corrected chi connectivity index (χ4v) is 4.95. The van der Waals surface area contributed by atoms with Gasteiger partial charge in [-0.3, -0.25) is 9.59 Å². The predicted molar refractivity (Wildman–Crippen MR) is 136 cm³/mol. The first kappa shape index (κ1) is 24.9. The molecule has 0 bridgehead atoms. The van der Waals surface area contributed by atoms with E-state index >= 15 is 0 Å². The Labute approximate surface area is 219 Å².